The van der Waals surface area contributed by atoms with Crippen LogP contribution in [0.15, 0.2) is 0 Å². The molecule has 0 aromatic heterocycles. The van der Waals surface area contributed by atoms with Crippen molar-refractivity contribution in [3.05, 3.63) is 0 Å². The maximum Gasteiger partial charge on any atom is 0.327 e. The number of hydrogen-bond acceptors (Lipinski definition) is 6. The van der Waals surface area contributed by atoms with Crippen LogP contribution in [0.2, 0.25) is 0 Å². The summed E-state index contributed by atoms with van der Waals surface area (Å²) in [6.45, 7) is 3.48. The van der Waals surface area contributed by atoms with Gasteiger partial charge in [0.1, 0.15) is 10.4 Å². The molecule has 0 spiro atoms. The molecule has 1 fully saturated rings. The Balaban J connectivity index is 2.35. The van der Waals surface area contributed by atoms with E-state index in [-0.39, 0.29) is 11.8 Å². The van der Waals surface area contributed by atoms with Crippen molar-refractivity contribution >= 4 is 51.9 Å². The highest BCUT2D eigenvalue weighted by Gasteiger charge is 2.36. The van der Waals surface area contributed by atoms with Crippen molar-refractivity contribution < 1.29 is 14.7 Å². The Hall–Kier alpha value is -0.510. The van der Waals surface area contributed by atoms with E-state index in [4.69, 9.17) is 17.3 Å². The summed E-state index contributed by atoms with van der Waals surface area (Å²) in [5.74, 6) is 0.182. The lowest BCUT2D eigenvalue weighted by Gasteiger charge is -2.24. The summed E-state index contributed by atoms with van der Waals surface area (Å²) in [5, 5.41) is 12.3. The molecule has 2 N–H and O–H groups in total. The zero-order valence-corrected chi connectivity index (χ0v) is 15.5. The van der Waals surface area contributed by atoms with Gasteiger partial charge in [0.25, 0.3) is 0 Å². The molecule has 1 rings (SSSR count). The Morgan fingerprint density at radius 2 is 2.23 bits per heavy atom. The standard InChI is InChI=1S/C13H23N3O3S3/c1-9(6-22-13(20)14-4-5-15(2)3)11(17)16-8-21-7-10(16)12(18)19/h9-10H,4-8H2,1-3H3,(H,14,20)(H,18,19)/t9?,10-/m0/s1. The number of carboxylic acid groups (broad SMARTS) is 1. The van der Waals surface area contributed by atoms with Gasteiger partial charge < -0.3 is 20.2 Å². The fraction of sp³-hybridized carbons (Fsp3) is 0.769. The summed E-state index contributed by atoms with van der Waals surface area (Å²) in [4.78, 5) is 27.0. The van der Waals surface area contributed by atoms with Gasteiger partial charge in [-0.05, 0) is 14.1 Å². The van der Waals surface area contributed by atoms with E-state index in [0.717, 1.165) is 13.1 Å². The molecule has 0 aromatic rings. The molecule has 0 aromatic carbocycles. The molecule has 0 saturated carbocycles. The average molecular weight is 366 g/mol. The van der Waals surface area contributed by atoms with E-state index >= 15 is 0 Å². The average Bonchev–Trinajstić information content (AvgIpc) is 2.93. The zero-order valence-electron chi connectivity index (χ0n) is 13.1. The van der Waals surface area contributed by atoms with Gasteiger partial charge in [-0.1, -0.05) is 30.9 Å². The van der Waals surface area contributed by atoms with Crippen LogP contribution in [0.25, 0.3) is 0 Å². The minimum Gasteiger partial charge on any atom is -0.480 e. The normalized spacial score (nSPS) is 19.3. The molecule has 2 atom stereocenters. The molecule has 1 saturated heterocycles. The molecule has 126 valence electrons. The third-order valence-electron chi connectivity index (χ3n) is 3.16. The lowest BCUT2D eigenvalue weighted by Crippen LogP contribution is -2.44. The second-order valence-electron chi connectivity index (χ2n) is 5.39. The first-order valence-corrected chi connectivity index (χ1v) is 9.54. The van der Waals surface area contributed by atoms with Gasteiger partial charge in [0.15, 0.2) is 0 Å². The largest absolute Gasteiger partial charge is 0.480 e. The summed E-state index contributed by atoms with van der Waals surface area (Å²) in [6, 6.07) is -0.699. The van der Waals surface area contributed by atoms with Crippen LogP contribution >= 0.6 is 35.7 Å². The topological polar surface area (TPSA) is 72.9 Å². The summed E-state index contributed by atoms with van der Waals surface area (Å²) in [5.41, 5.74) is 0. The number of hydrogen-bond donors (Lipinski definition) is 2. The van der Waals surface area contributed by atoms with E-state index in [1.54, 1.807) is 0 Å². The SMILES string of the molecule is CC(CSC(=S)NCCN(C)C)C(=O)N1CSC[C@H]1C(=O)O. The van der Waals surface area contributed by atoms with Crippen molar-refractivity contribution in [1.29, 1.82) is 0 Å². The molecule has 0 bridgehead atoms. The highest BCUT2D eigenvalue weighted by molar-refractivity contribution is 8.23. The van der Waals surface area contributed by atoms with E-state index < -0.39 is 12.0 Å². The lowest BCUT2D eigenvalue weighted by molar-refractivity contribution is -0.148. The van der Waals surface area contributed by atoms with Crippen molar-refractivity contribution in [2.45, 2.75) is 13.0 Å². The van der Waals surface area contributed by atoms with Crippen LogP contribution in [-0.2, 0) is 9.59 Å². The third kappa shape index (κ3) is 6.31. The van der Waals surface area contributed by atoms with Crippen molar-refractivity contribution in [2.24, 2.45) is 5.92 Å². The second-order valence-corrected chi connectivity index (χ2v) is 8.09. The highest BCUT2D eigenvalue weighted by atomic mass is 32.2. The van der Waals surface area contributed by atoms with Crippen molar-refractivity contribution in [3.8, 4) is 0 Å². The van der Waals surface area contributed by atoms with Gasteiger partial charge >= 0.3 is 5.97 Å². The van der Waals surface area contributed by atoms with Gasteiger partial charge in [0, 0.05) is 30.5 Å². The molecule has 0 radical (unpaired) electrons. The van der Waals surface area contributed by atoms with Gasteiger partial charge in [0.05, 0.1) is 5.88 Å². The first kappa shape index (κ1) is 19.5. The lowest BCUT2D eigenvalue weighted by atomic mass is 10.1. The molecule has 0 aliphatic carbocycles. The quantitative estimate of drug-likeness (QED) is 0.641. The van der Waals surface area contributed by atoms with Crippen LogP contribution in [-0.4, -0.2) is 81.7 Å². The van der Waals surface area contributed by atoms with Gasteiger partial charge in [-0.15, -0.1) is 11.8 Å². The number of nitrogens with one attached hydrogen (secondary N) is 1. The number of thiocarbonyl (C=S) groups is 1. The minimum absolute atomic E-state index is 0.110. The Morgan fingerprint density at radius 1 is 1.55 bits per heavy atom. The Bertz CT molecular complexity index is 421. The number of carbonyl (C=O) groups is 2. The Morgan fingerprint density at radius 3 is 2.82 bits per heavy atom. The molecule has 6 nitrogen and oxygen atoms in total. The van der Waals surface area contributed by atoms with Crippen LogP contribution in [0.3, 0.4) is 0 Å². The number of likely N-dealkylation sites (N-methyl/N-ethyl adjacent to an activating group) is 1. The predicted molar refractivity (Wildman–Crippen MR) is 96.4 cm³/mol. The number of amides is 1. The monoisotopic (exact) mass is 365 g/mol. The second kappa shape index (κ2) is 9.59. The van der Waals surface area contributed by atoms with Crippen molar-refractivity contribution in [1.82, 2.24) is 15.1 Å². The maximum absolute atomic E-state index is 12.3. The van der Waals surface area contributed by atoms with Crippen LogP contribution < -0.4 is 5.32 Å². The maximum atomic E-state index is 12.3. The summed E-state index contributed by atoms with van der Waals surface area (Å²) < 4.78 is 0.673. The number of nitrogens with zero attached hydrogens (tertiary/aromatic N) is 2. The van der Waals surface area contributed by atoms with E-state index in [1.807, 2.05) is 21.0 Å². The predicted octanol–water partition coefficient (Wildman–Crippen LogP) is 0.778. The third-order valence-corrected chi connectivity index (χ3v) is 5.75. The van der Waals surface area contributed by atoms with E-state index in [2.05, 4.69) is 10.2 Å². The Labute approximate surface area is 145 Å². The molecule has 22 heavy (non-hydrogen) atoms. The minimum atomic E-state index is -0.931. The number of aliphatic carboxylic acids is 1. The molecule has 1 aliphatic rings. The highest BCUT2D eigenvalue weighted by Crippen LogP contribution is 2.24. The fourth-order valence-electron chi connectivity index (χ4n) is 1.85. The number of carbonyl (C=O) groups excluding carboxylic acids is 1. The van der Waals surface area contributed by atoms with Crippen LogP contribution in [0, 0.1) is 5.92 Å². The van der Waals surface area contributed by atoms with Gasteiger partial charge in [-0.25, -0.2) is 4.79 Å². The molecule has 1 heterocycles. The smallest absolute Gasteiger partial charge is 0.327 e. The molecule has 1 unspecified atom stereocenters. The van der Waals surface area contributed by atoms with Gasteiger partial charge in [-0.2, -0.15) is 0 Å². The van der Waals surface area contributed by atoms with Crippen molar-refractivity contribution in [2.75, 3.05) is 44.6 Å². The summed E-state index contributed by atoms with van der Waals surface area (Å²) in [7, 11) is 3.98. The molecule has 1 amide bonds. The molecular weight excluding hydrogens is 342 g/mol. The van der Waals surface area contributed by atoms with Gasteiger partial charge in [-0.3, -0.25) is 4.79 Å². The molecule has 1 aliphatic heterocycles. The number of carboxylic acids is 1. The fourth-order valence-corrected chi connectivity index (χ4v) is 4.06. The van der Waals surface area contributed by atoms with Crippen LogP contribution in [0.1, 0.15) is 6.92 Å². The molecule has 9 heteroatoms. The first-order chi connectivity index (χ1) is 10.3. The number of thioether (sulfide) groups is 2. The van der Waals surface area contributed by atoms with Crippen molar-refractivity contribution in [3.63, 3.8) is 0 Å². The zero-order chi connectivity index (χ0) is 16.7. The van der Waals surface area contributed by atoms with E-state index in [9.17, 15) is 9.59 Å². The molecular formula is C13H23N3O3S3. The van der Waals surface area contributed by atoms with E-state index in [1.165, 1.54) is 28.4 Å². The Kier molecular flexibility index (Phi) is 8.52. The van der Waals surface area contributed by atoms with Gasteiger partial charge in [0.2, 0.25) is 5.91 Å². The van der Waals surface area contributed by atoms with Crippen LogP contribution in [0.4, 0.5) is 0 Å². The van der Waals surface area contributed by atoms with Crippen LogP contribution in [0.5, 0.6) is 0 Å². The summed E-state index contributed by atoms with van der Waals surface area (Å²) in [6.07, 6.45) is 0. The number of rotatable bonds is 7. The summed E-state index contributed by atoms with van der Waals surface area (Å²) >= 11 is 8.13. The first-order valence-electron chi connectivity index (χ1n) is 6.99. The van der Waals surface area contributed by atoms with E-state index in [0.29, 0.717) is 21.7 Å².